The monoisotopic (exact) mass is 451 g/mol. The van der Waals surface area contributed by atoms with E-state index in [0.717, 1.165) is 23.1 Å². The lowest BCUT2D eigenvalue weighted by Gasteiger charge is -2.46. The first-order valence-electron chi connectivity index (χ1n) is 10.0. The number of hydrogen-bond acceptors (Lipinski definition) is 4. The van der Waals surface area contributed by atoms with Crippen LogP contribution >= 0.6 is 0 Å². The van der Waals surface area contributed by atoms with Crippen LogP contribution in [-0.2, 0) is 15.5 Å². The third-order valence-corrected chi connectivity index (χ3v) is 5.65. The minimum Gasteiger partial charge on any atom is -0.377 e. The third kappa shape index (κ3) is 4.07. The molecule has 2 aromatic rings. The van der Waals surface area contributed by atoms with E-state index in [1.807, 2.05) is 0 Å². The van der Waals surface area contributed by atoms with Crippen molar-refractivity contribution in [2.45, 2.75) is 24.9 Å². The van der Waals surface area contributed by atoms with Gasteiger partial charge in [0, 0.05) is 24.3 Å². The van der Waals surface area contributed by atoms with Crippen LogP contribution in [0, 0.1) is 18.6 Å². The van der Waals surface area contributed by atoms with E-state index in [1.165, 1.54) is 19.1 Å². The summed E-state index contributed by atoms with van der Waals surface area (Å²) in [5.74, 6) is -8.27. The Balaban J connectivity index is 1.60. The highest BCUT2D eigenvalue weighted by atomic mass is 19.3. The number of fused-ring (bicyclic) bond motifs is 2. The number of benzene rings is 2. The van der Waals surface area contributed by atoms with Gasteiger partial charge in [0.05, 0.1) is 30.9 Å². The average Bonchev–Trinajstić information content (AvgIpc) is 2.75. The first kappa shape index (κ1) is 22.2. The summed E-state index contributed by atoms with van der Waals surface area (Å²) in [7, 11) is 0. The summed E-state index contributed by atoms with van der Waals surface area (Å²) >= 11 is 0. The predicted molar refractivity (Wildman–Crippen MR) is 107 cm³/mol. The molecule has 170 valence electrons. The average molecular weight is 451 g/mol. The number of amides is 2. The molecule has 2 aliphatic heterocycles. The maximum absolute atomic E-state index is 15.2. The van der Waals surface area contributed by atoms with Gasteiger partial charge in [0.1, 0.15) is 11.6 Å². The molecule has 2 fully saturated rings. The molecule has 2 amide bonds. The number of morpholine rings is 1. The van der Waals surface area contributed by atoms with Gasteiger partial charge in [-0.3, -0.25) is 9.59 Å². The van der Waals surface area contributed by atoms with E-state index >= 15 is 8.78 Å². The van der Waals surface area contributed by atoms with Crippen LogP contribution in [-0.4, -0.2) is 55.1 Å². The fourth-order valence-corrected chi connectivity index (χ4v) is 3.97. The standard InChI is InChI=1S/C22H21F4N3O3/c1-12-6-14(3-5-18(12)23)28-20(30)13-2-4-19(24)17(7-13)22(25,26)21(31)29-15-8-27-9-16(29)11-32-10-15/h2-7,15-16,27H,8-11H2,1H3,(H,28,30)/t15-,16+. The molecule has 0 saturated carbocycles. The normalized spacial score (nSPS) is 20.7. The first-order valence-corrected chi connectivity index (χ1v) is 10.0. The van der Waals surface area contributed by atoms with Crippen LogP contribution in [0.15, 0.2) is 36.4 Å². The Hall–Kier alpha value is -2.98. The maximum atomic E-state index is 15.2. The van der Waals surface area contributed by atoms with Crippen molar-refractivity contribution in [3.63, 3.8) is 0 Å². The fraction of sp³-hybridized carbons (Fsp3) is 0.364. The molecule has 2 aliphatic rings. The quantitative estimate of drug-likeness (QED) is 0.702. The van der Waals surface area contributed by atoms with Crippen LogP contribution < -0.4 is 10.6 Å². The summed E-state index contributed by atoms with van der Waals surface area (Å²) in [6.45, 7) is 2.30. The molecule has 2 saturated heterocycles. The van der Waals surface area contributed by atoms with E-state index in [1.54, 1.807) is 0 Å². The fourth-order valence-electron chi connectivity index (χ4n) is 3.97. The lowest BCUT2D eigenvalue weighted by Crippen LogP contribution is -2.67. The molecule has 0 unspecified atom stereocenters. The zero-order valence-corrected chi connectivity index (χ0v) is 17.1. The molecule has 2 atom stereocenters. The Labute approximate surface area is 181 Å². The van der Waals surface area contributed by atoms with Gasteiger partial charge in [-0.25, -0.2) is 8.78 Å². The molecule has 0 aromatic heterocycles. The summed E-state index contributed by atoms with van der Waals surface area (Å²) in [5, 5.41) is 5.52. The lowest BCUT2D eigenvalue weighted by atomic mass is 9.99. The minimum absolute atomic E-state index is 0.104. The maximum Gasteiger partial charge on any atom is 0.352 e. The summed E-state index contributed by atoms with van der Waals surface area (Å²) < 4.78 is 63.6. The van der Waals surface area contributed by atoms with Gasteiger partial charge in [-0.1, -0.05) is 0 Å². The van der Waals surface area contributed by atoms with Gasteiger partial charge in [0.25, 0.3) is 11.8 Å². The highest BCUT2D eigenvalue weighted by molar-refractivity contribution is 6.04. The van der Waals surface area contributed by atoms with Gasteiger partial charge < -0.3 is 20.3 Å². The highest BCUT2D eigenvalue weighted by Gasteiger charge is 2.51. The molecular weight excluding hydrogens is 430 g/mol. The molecule has 0 spiro atoms. The van der Waals surface area contributed by atoms with Crippen molar-refractivity contribution in [3.05, 3.63) is 64.7 Å². The molecule has 10 heteroatoms. The number of nitrogens with zero attached hydrogens (tertiary/aromatic N) is 1. The number of nitrogens with one attached hydrogen (secondary N) is 2. The van der Waals surface area contributed by atoms with E-state index in [9.17, 15) is 18.4 Å². The van der Waals surface area contributed by atoms with Crippen molar-refractivity contribution in [3.8, 4) is 0 Å². The summed E-state index contributed by atoms with van der Waals surface area (Å²) in [5.41, 5.74) is -0.913. The number of ether oxygens (including phenoxy) is 1. The van der Waals surface area contributed by atoms with E-state index in [4.69, 9.17) is 4.74 Å². The number of rotatable bonds is 4. The number of alkyl halides is 2. The van der Waals surface area contributed by atoms with E-state index in [2.05, 4.69) is 10.6 Å². The van der Waals surface area contributed by atoms with Crippen LogP contribution in [0.1, 0.15) is 21.5 Å². The number of piperazine rings is 1. The van der Waals surface area contributed by atoms with E-state index < -0.39 is 47.0 Å². The van der Waals surface area contributed by atoms with Crippen molar-refractivity contribution in [1.29, 1.82) is 0 Å². The second-order valence-electron chi connectivity index (χ2n) is 7.90. The molecular formula is C22H21F4N3O3. The minimum atomic E-state index is -4.18. The van der Waals surface area contributed by atoms with Crippen LogP contribution in [0.3, 0.4) is 0 Å². The van der Waals surface area contributed by atoms with Gasteiger partial charge in [0.15, 0.2) is 0 Å². The molecule has 0 radical (unpaired) electrons. The Morgan fingerprint density at radius 2 is 1.72 bits per heavy atom. The van der Waals surface area contributed by atoms with Crippen LogP contribution in [0.4, 0.5) is 23.2 Å². The Morgan fingerprint density at radius 3 is 2.38 bits per heavy atom. The number of anilines is 1. The molecule has 4 rings (SSSR count). The van der Waals surface area contributed by atoms with Crippen molar-refractivity contribution in [2.75, 3.05) is 31.6 Å². The van der Waals surface area contributed by atoms with Crippen molar-refractivity contribution < 1.29 is 31.9 Å². The number of halogens is 4. The Kier molecular flexibility index (Phi) is 5.91. The Bertz CT molecular complexity index is 1040. The topological polar surface area (TPSA) is 70.7 Å². The molecule has 2 heterocycles. The first-order chi connectivity index (χ1) is 15.2. The van der Waals surface area contributed by atoms with E-state index in [0.29, 0.717) is 19.2 Å². The molecule has 2 bridgehead atoms. The second kappa shape index (κ2) is 8.51. The van der Waals surface area contributed by atoms with Crippen LogP contribution in [0.5, 0.6) is 0 Å². The zero-order chi connectivity index (χ0) is 23.0. The van der Waals surface area contributed by atoms with Crippen molar-refractivity contribution >= 4 is 17.5 Å². The number of aryl methyl sites for hydroxylation is 1. The number of hydrogen-bond donors (Lipinski definition) is 2. The summed E-state index contributed by atoms with van der Waals surface area (Å²) in [4.78, 5) is 26.4. The highest BCUT2D eigenvalue weighted by Crippen LogP contribution is 2.35. The third-order valence-electron chi connectivity index (χ3n) is 5.65. The van der Waals surface area contributed by atoms with Crippen molar-refractivity contribution in [1.82, 2.24) is 10.2 Å². The lowest BCUT2D eigenvalue weighted by molar-refractivity contribution is -0.176. The number of carbonyl (C=O) groups is 2. The van der Waals surface area contributed by atoms with Crippen LogP contribution in [0.25, 0.3) is 0 Å². The molecule has 2 aromatic carbocycles. The molecule has 0 aliphatic carbocycles. The SMILES string of the molecule is Cc1cc(NC(=O)c2ccc(F)c(C(F)(F)C(=O)N3[C@@H]4CNC[C@H]3COC4)c2)ccc1F. The van der Waals surface area contributed by atoms with Crippen LogP contribution in [0.2, 0.25) is 0 Å². The molecule has 6 nitrogen and oxygen atoms in total. The number of carbonyl (C=O) groups excluding carboxylic acids is 2. The predicted octanol–water partition coefficient (Wildman–Crippen LogP) is 2.82. The zero-order valence-electron chi connectivity index (χ0n) is 17.1. The molecule has 32 heavy (non-hydrogen) atoms. The van der Waals surface area contributed by atoms with Gasteiger partial charge in [-0.15, -0.1) is 0 Å². The summed E-state index contributed by atoms with van der Waals surface area (Å²) in [6.07, 6.45) is 0. The Morgan fingerprint density at radius 1 is 1.06 bits per heavy atom. The second-order valence-corrected chi connectivity index (χ2v) is 7.90. The smallest absolute Gasteiger partial charge is 0.352 e. The van der Waals surface area contributed by atoms with Gasteiger partial charge >= 0.3 is 5.92 Å². The van der Waals surface area contributed by atoms with Gasteiger partial charge in [-0.05, 0) is 48.9 Å². The van der Waals surface area contributed by atoms with E-state index in [-0.39, 0.29) is 30.0 Å². The largest absolute Gasteiger partial charge is 0.377 e. The van der Waals surface area contributed by atoms with Crippen molar-refractivity contribution in [2.24, 2.45) is 0 Å². The summed E-state index contributed by atoms with van der Waals surface area (Å²) in [6, 6.07) is 5.11. The molecule has 2 N–H and O–H groups in total. The van der Waals surface area contributed by atoms with Gasteiger partial charge in [0.2, 0.25) is 0 Å². The van der Waals surface area contributed by atoms with Gasteiger partial charge in [-0.2, -0.15) is 8.78 Å².